The first-order valence-electron chi connectivity index (χ1n) is 8.17. The monoisotopic (exact) mass is 384 g/mol. The topological polar surface area (TPSA) is 108 Å². The molecule has 2 N–H and O–H groups in total. The number of anilines is 2. The van der Waals surface area contributed by atoms with E-state index in [4.69, 9.17) is 4.74 Å². The maximum Gasteiger partial charge on any atom is 0.313 e. The number of rotatable bonds is 6. The molecule has 1 aromatic carbocycles. The number of hydrogen-bond donors (Lipinski definition) is 2. The molecule has 0 bridgehead atoms. The molecule has 2 rings (SSSR count). The summed E-state index contributed by atoms with van der Waals surface area (Å²) in [6, 6.07) is 4.66. The van der Waals surface area contributed by atoms with Gasteiger partial charge in [-0.3, -0.25) is 13.9 Å². The summed E-state index contributed by atoms with van der Waals surface area (Å²) < 4.78 is 30.6. The van der Waals surface area contributed by atoms with Gasteiger partial charge in [-0.15, -0.1) is 0 Å². The Bertz CT molecular complexity index is 779. The average Bonchev–Trinajstić information content (AvgIpc) is 2.93. The number of amides is 2. The zero-order valence-corrected chi connectivity index (χ0v) is 15.9. The number of hydrogen-bond acceptors (Lipinski definition) is 6. The van der Waals surface area contributed by atoms with Crippen LogP contribution < -0.4 is 19.7 Å². The molecule has 0 atom stereocenters. The highest BCUT2D eigenvalue weighted by atomic mass is 32.2. The normalized spacial score (nSPS) is 15.8. The van der Waals surface area contributed by atoms with Gasteiger partial charge in [0.05, 0.1) is 24.2 Å². The molecule has 10 heteroatoms. The molecule has 0 saturated carbocycles. The highest BCUT2D eigenvalue weighted by molar-refractivity contribution is 7.93. The second-order valence-corrected chi connectivity index (χ2v) is 8.15. The lowest BCUT2D eigenvalue weighted by atomic mass is 10.2. The molecular formula is C16H24N4O5S. The largest absolute Gasteiger partial charge is 0.495 e. The van der Waals surface area contributed by atoms with Crippen LogP contribution >= 0.6 is 0 Å². The van der Waals surface area contributed by atoms with Crippen LogP contribution in [0.1, 0.15) is 6.42 Å². The van der Waals surface area contributed by atoms with Gasteiger partial charge >= 0.3 is 11.8 Å². The molecule has 1 heterocycles. The van der Waals surface area contributed by atoms with Gasteiger partial charge in [0.15, 0.2) is 0 Å². The van der Waals surface area contributed by atoms with E-state index in [9.17, 15) is 18.0 Å². The molecule has 144 valence electrons. The van der Waals surface area contributed by atoms with E-state index in [1.165, 1.54) is 17.5 Å². The number of nitrogens with zero attached hydrogens (tertiary/aromatic N) is 2. The second-order valence-electron chi connectivity index (χ2n) is 6.14. The van der Waals surface area contributed by atoms with Crippen molar-refractivity contribution in [1.29, 1.82) is 0 Å². The van der Waals surface area contributed by atoms with Crippen LogP contribution in [0, 0.1) is 0 Å². The number of carbonyl (C=O) groups excluding carboxylic acids is 2. The van der Waals surface area contributed by atoms with Crippen molar-refractivity contribution in [3.8, 4) is 5.75 Å². The van der Waals surface area contributed by atoms with E-state index in [1.807, 2.05) is 19.0 Å². The van der Waals surface area contributed by atoms with Crippen LogP contribution in [0.15, 0.2) is 18.2 Å². The van der Waals surface area contributed by atoms with E-state index in [2.05, 4.69) is 10.6 Å². The molecule has 0 unspecified atom stereocenters. The van der Waals surface area contributed by atoms with Crippen molar-refractivity contribution in [2.75, 3.05) is 56.2 Å². The number of ether oxygens (including phenoxy) is 1. The minimum atomic E-state index is -3.35. The molecule has 2 amide bonds. The van der Waals surface area contributed by atoms with E-state index in [1.54, 1.807) is 12.1 Å². The van der Waals surface area contributed by atoms with Crippen LogP contribution in [0.25, 0.3) is 0 Å². The van der Waals surface area contributed by atoms with E-state index in [-0.39, 0.29) is 11.4 Å². The first kappa shape index (κ1) is 20.0. The molecule has 0 aromatic heterocycles. The Morgan fingerprint density at radius 3 is 2.58 bits per heavy atom. The quantitative estimate of drug-likeness (QED) is 0.661. The lowest BCUT2D eigenvalue weighted by molar-refractivity contribution is -0.136. The summed E-state index contributed by atoms with van der Waals surface area (Å²) in [7, 11) is 1.79. The molecule has 9 nitrogen and oxygen atoms in total. The third-order valence-electron chi connectivity index (χ3n) is 3.87. The summed E-state index contributed by atoms with van der Waals surface area (Å²) in [5.74, 6) is -1.19. The van der Waals surface area contributed by atoms with Crippen LogP contribution in [0.4, 0.5) is 11.4 Å². The van der Waals surface area contributed by atoms with Gasteiger partial charge in [0.1, 0.15) is 5.75 Å². The predicted molar refractivity (Wildman–Crippen MR) is 98.9 cm³/mol. The fourth-order valence-electron chi connectivity index (χ4n) is 2.53. The molecular weight excluding hydrogens is 360 g/mol. The third-order valence-corrected chi connectivity index (χ3v) is 5.74. The van der Waals surface area contributed by atoms with Gasteiger partial charge in [0, 0.05) is 19.6 Å². The molecule has 0 radical (unpaired) electrons. The average molecular weight is 384 g/mol. The molecule has 26 heavy (non-hydrogen) atoms. The van der Waals surface area contributed by atoms with Gasteiger partial charge < -0.3 is 20.3 Å². The van der Waals surface area contributed by atoms with Gasteiger partial charge in [-0.1, -0.05) is 0 Å². The smallest absolute Gasteiger partial charge is 0.313 e. The van der Waals surface area contributed by atoms with Crippen molar-refractivity contribution in [3.05, 3.63) is 18.2 Å². The van der Waals surface area contributed by atoms with Crippen LogP contribution in [-0.2, 0) is 19.6 Å². The Morgan fingerprint density at radius 2 is 2.00 bits per heavy atom. The molecule has 1 fully saturated rings. The Hall–Kier alpha value is -2.33. The molecule has 0 spiro atoms. The lowest BCUT2D eigenvalue weighted by Gasteiger charge is -2.19. The van der Waals surface area contributed by atoms with Crippen molar-refractivity contribution < 1.29 is 22.7 Å². The minimum Gasteiger partial charge on any atom is -0.495 e. The number of benzene rings is 1. The molecule has 0 aliphatic carbocycles. The molecule has 1 aliphatic rings. The maximum atomic E-state index is 12.1. The summed E-state index contributed by atoms with van der Waals surface area (Å²) in [6.07, 6.45) is 0.546. The fraction of sp³-hybridized carbons (Fsp3) is 0.500. The van der Waals surface area contributed by atoms with E-state index in [0.29, 0.717) is 37.5 Å². The van der Waals surface area contributed by atoms with Crippen LogP contribution in [0.3, 0.4) is 0 Å². The first-order valence-corrected chi connectivity index (χ1v) is 9.78. The number of methoxy groups -OCH3 is 1. The Balaban J connectivity index is 2.13. The summed E-state index contributed by atoms with van der Waals surface area (Å²) in [5, 5.41) is 4.99. The first-order chi connectivity index (χ1) is 12.2. The summed E-state index contributed by atoms with van der Waals surface area (Å²) in [4.78, 5) is 25.9. The van der Waals surface area contributed by atoms with E-state index < -0.39 is 21.8 Å². The van der Waals surface area contributed by atoms with Crippen molar-refractivity contribution in [2.45, 2.75) is 6.42 Å². The third kappa shape index (κ3) is 4.85. The summed E-state index contributed by atoms with van der Waals surface area (Å²) in [5.41, 5.74) is 0.659. The van der Waals surface area contributed by atoms with Crippen LogP contribution in [0.5, 0.6) is 5.75 Å². The summed E-state index contributed by atoms with van der Waals surface area (Å²) in [6.45, 7) is 1.32. The summed E-state index contributed by atoms with van der Waals surface area (Å²) >= 11 is 0. The zero-order chi connectivity index (χ0) is 19.3. The van der Waals surface area contributed by atoms with E-state index in [0.717, 1.165) is 0 Å². The van der Waals surface area contributed by atoms with Crippen molar-refractivity contribution in [1.82, 2.24) is 10.2 Å². The van der Waals surface area contributed by atoms with Gasteiger partial charge in [-0.2, -0.15) is 0 Å². The molecule has 1 aromatic rings. The van der Waals surface area contributed by atoms with Crippen molar-refractivity contribution in [2.24, 2.45) is 0 Å². The van der Waals surface area contributed by atoms with Crippen LogP contribution in [-0.4, -0.2) is 71.7 Å². The zero-order valence-electron chi connectivity index (χ0n) is 15.1. The number of nitrogens with one attached hydrogen (secondary N) is 2. The lowest BCUT2D eigenvalue weighted by Crippen LogP contribution is -2.38. The Morgan fingerprint density at radius 1 is 1.27 bits per heavy atom. The predicted octanol–water partition coefficient (Wildman–Crippen LogP) is -0.149. The number of carbonyl (C=O) groups is 2. The van der Waals surface area contributed by atoms with Gasteiger partial charge in [0.25, 0.3) is 0 Å². The SMILES string of the molecule is COc1ccc(N2CCCS2(=O)=O)cc1NC(=O)C(=O)NCCN(C)C. The van der Waals surface area contributed by atoms with E-state index >= 15 is 0 Å². The Labute approximate surface area is 153 Å². The Kier molecular flexibility index (Phi) is 6.43. The van der Waals surface area contributed by atoms with Gasteiger partial charge in [-0.25, -0.2) is 8.42 Å². The fourth-order valence-corrected chi connectivity index (χ4v) is 4.09. The second kappa shape index (κ2) is 8.37. The van der Waals surface area contributed by atoms with Crippen LogP contribution in [0.2, 0.25) is 0 Å². The van der Waals surface area contributed by atoms with Gasteiger partial charge in [0.2, 0.25) is 10.0 Å². The highest BCUT2D eigenvalue weighted by Gasteiger charge is 2.29. The molecule has 1 aliphatic heterocycles. The molecule has 1 saturated heterocycles. The van der Waals surface area contributed by atoms with Crippen molar-refractivity contribution >= 4 is 33.2 Å². The van der Waals surface area contributed by atoms with Crippen molar-refractivity contribution in [3.63, 3.8) is 0 Å². The minimum absolute atomic E-state index is 0.0923. The maximum absolute atomic E-state index is 12.1. The number of likely N-dealkylation sites (N-methyl/N-ethyl adjacent to an activating group) is 1. The highest BCUT2D eigenvalue weighted by Crippen LogP contribution is 2.32. The standard InChI is InChI=1S/C16H24N4O5S/c1-19(2)9-7-17-15(21)16(22)18-13-11-12(5-6-14(13)25-3)20-8-4-10-26(20,23)24/h5-6,11H,4,7-10H2,1-3H3,(H,17,21)(H,18,22). The van der Waals surface area contributed by atoms with Gasteiger partial charge in [-0.05, 0) is 38.7 Å². The number of sulfonamides is 1.